The van der Waals surface area contributed by atoms with Crippen LogP contribution in [0.5, 0.6) is 0 Å². The molecule has 1 amide bonds. The van der Waals surface area contributed by atoms with Crippen molar-refractivity contribution in [3.63, 3.8) is 0 Å². The molecule has 150 valence electrons. The van der Waals surface area contributed by atoms with E-state index in [9.17, 15) is 4.79 Å². The van der Waals surface area contributed by atoms with Crippen LogP contribution in [0.3, 0.4) is 0 Å². The highest BCUT2D eigenvalue weighted by Crippen LogP contribution is 2.14. The van der Waals surface area contributed by atoms with E-state index in [1.807, 2.05) is 68.0 Å². The fourth-order valence-corrected chi connectivity index (χ4v) is 3.18. The van der Waals surface area contributed by atoms with Crippen molar-refractivity contribution in [2.75, 3.05) is 11.9 Å². The van der Waals surface area contributed by atoms with Gasteiger partial charge in [0.1, 0.15) is 0 Å². The average molecular weight is 390 g/mol. The van der Waals surface area contributed by atoms with Gasteiger partial charge in [-0.3, -0.25) is 19.8 Å². The number of carbonyl (C=O) groups is 1. The largest absolute Gasteiger partial charge is 0.326 e. The average Bonchev–Trinajstić information content (AvgIpc) is 2.96. The molecular weight excluding hydrogens is 362 g/mol. The Morgan fingerprint density at radius 3 is 2.38 bits per heavy atom. The number of hydrogen-bond donors (Lipinski definition) is 2. The number of aliphatic imine (C=N–C) groups is 1. The van der Waals surface area contributed by atoms with Crippen molar-refractivity contribution in [2.45, 2.75) is 27.2 Å². The summed E-state index contributed by atoms with van der Waals surface area (Å²) in [6.45, 7) is 6.62. The molecule has 6 nitrogen and oxygen atoms in total. The second kappa shape index (κ2) is 9.19. The lowest BCUT2D eigenvalue weighted by atomic mass is 10.1. The van der Waals surface area contributed by atoms with Gasteiger partial charge >= 0.3 is 0 Å². The zero-order chi connectivity index (χ0) is 20.8. The highest BCUT2D eigenvalue weighted by atomic mass is 16.1. The summed E-state index contributed by atoms with van der Waals surface area (Å²) in [5, 5.41) is 10.6. The standard InChI is InChI=1S/C23H27N5O/c1-16-10-8-9-13-21(16)25-23(26-22(29)19-11-6-5-7-12-19)24-15-14-20-17(2)27-28(4)18(20)3/h5-13H,14-15H2,1-4H3,(H2,24,25,26,29). The van der Waals surface area contributed by atoms with E-state index in [1.54, 1.807) is 12.1 Å². The summed E-state index contributed by atoms with van der Waals surface area (Å²) < 4.78 is 1.89. The molecule has 1 heterocycles. The van der Waals surface area contributed by atoms with Crippen LogP contribution in [0.25, 0.3) is 0 Å². The minimum atomic E-state index is -0.195. The van der Waals surface area contributed by atoms with Gasteiger partial charge in [0, 0.05) is 30.5 Å². The van der Waals surface area contributed by atoms with Crippen LogP contribution in [0.4, 0.5) is 5.69 Å². The maximum absolute atomic E-state index is 12.6. The summed E-state index contributed by atoms with van der Waals surface area (Å²) in [7, 11) is 1.94. The van der Waals surface area contributed by atoms with Gasteiger partial charge in [0.15, 0.2) is 0 Å². The number of anilines is 1. The van der Waals surface area contributed by atoms with E-state index in [4.69, 9.17) is 0 Å². The molecule has 2 N–H and O–H groups in total. The SMILES string of the molecule is Cc1ccccc1NC(=NCCc1c(C)nn(C)c1C)NC(=O)c1ccccc1. The molecule has 0 saturated heterocycles. The number of benzene rings is 2. The van der Waals surface area contributed by atoms with Gasteiger partial charge in [-0.25, -0.2) is 0 Å². The lowest BCUT2D eigenvalue weighted by Gasteiger charge is -2.13. The topological polar surface area (TPSA) is 71.3 Å². The van der Waals surface area contributed by atoms with Crippen LogP contribution >= 0.6 is 0 Å². The predicted octanol–water partition coefficient (Wildman–Crippen LogP) is 3.79. The number of aromatic nitrogens is 2. The highest BCUT2D eigenvalue weighted by molar-refractivity contribution is 6.10. The number of guanidine groups is 1. The van der Waals surface area contributed by atoms with Crippen LogP contribution in [0.15, 0.2) is 59.6 Å². The number of aryl methyl sites for hydroxylation is 3. The molecule has 0 radical (unpaired) electrons. The summed E-state index contributed by atoms with van der Waals surface area (Å²) in [5.41, 5.74) is 5.93. The van der Waals surface area contributed by atoms with E-state index < -0.39 is 0 Å². The minimum absolute atomic E-state index is 0.195. The van der Waals surface area contributed by atoms with Crippen molar-refractivity contribution < 1.29 is 4.79 Å². The van der Waals surface area contributed by atoms with Gasteiger partial charge in [0.2, 0.25) is 5.96 Å². The Balaban J connectivity index is 1.78. The zero-order valence-corrected chi connectivity index (χ0v) is 17.4. The second-order valence-corrected chi connectivity index (χ2v) is 7.01. The number of nitrogens with one attached hydrogen (secondary N) is 2. The molecule has 0 saturated carbocycles. The van der Waals surface area contributed by atoms with Gasteiger partial charge in [-0.05, 0) is 56.5 Å². The van der Waals surface area contributed by atoms with Crippen molar-refractivity contribution in [1.82, 2.24) is 15.1 Å². The van der Waals surface area contributed by atoms with Gasteiger partial charge in [-0.1, -0.05) is 36.4 Å². The summed E-state index contributed by atoms with van der Waals surface area (Å²) in [6, 6.07) is 17.0. The molecule has 0 spiro atoms. The molecule has 0 bridgehead atoms. The summed E-state index contributed by atoms with van der Waals surface area (Å²) >= 11 is 0. The quantitative estimate of drug-likeness (QED) is 0.515. The minimum Gasteiger partial charge on any atom is -0.326 e. The van der Waals surface area contributed by atoms with Crippen LogP contribution in [0, 0.1) is 20.8 Å². The first-order valence-electron chi connectivity index (χ1n) is 9.68. The van der Waals surface area contributed by atoms with Gasteiger partial charge in [0.05, 0.1) is 5.69 Å². The van der Waals surface area contributed by atoms with Crippen LogP contribution in [0.2, 0.25) is 0 Å². The first-order chi connectivity index (χ1) is 14.0. The molecule has 0 fully saturated rings. The first-order valence-corrected chi connectivity index (χ1v) is 9.68. The van der Waals surface area contributed by atoms with Crippen molar-refractivity contribution in [3.8, 4) is 0 Å². The third-order valence-electron chi connectivity index (χ3n) is 4.96. The number of amides is 1. The molecule has 0 aliphatic rings. The highest BCUT2D eigenvalue weighted by Gasteiger charge is 2.11. The van der Waals surface area contributed by atoms with Crippen LogP contribution in [0.1, 0.15) is 32.9 Å². The van der Waals surface area contributed by atoms with Crippen LogP contribution < -0.4 is 10.6 Å². The van der Waals surface area contributed by atoms with E-state index in [-0.39, 0.29) is 5.91 Å². The molecule has 6 heteroatoms. The normalized spacial score (nSPS) is 11.4. The van der Waals surface area contributed by atoms with Crippen molar-refractivity contribution in [3.05, 3.63) is 82.7 Å². The van der Waals surface area contributed by atoms with E-state index in [2.05, 4.69) is 27.6 Å². The van der Waals surface area contributed by atoms with Crippen LogP contribution in [-0.2, 0) is 13.5 Å². The summed E-state index contributed by atoms with van der Waals surface area (Å²) in [5.74, 6) is 0.242. The second-order valence-electron chi connectivity index (χ2n) is 7.01. The predicted molar refractivity (Wildman–Crippen MR) is 117 cm³/mol. The third-order valence-corrected chi connectivity index (χ3v) is 4.96. The van der Waals surface area contributed by atoms with Crippen molar-refractivity contribution >= 4 is 17.6 Å². The van der Waals surface area contributed by atoms with E-state index in [0.717, 1.165) is 29.1 Å². The molecule has 0 unspecified atom stereocenters. The molecule has 2 aromatic carbocycles. The Labute approximate surface area is 171 Å². The van der Waals surface area contributed by atoms with E-state index in [0.29, 0.717) is 18.1 Å². The Morgan fingerprint density at radius 2 is 1.72 bits per heavy atom. The molecule has 3 aromatic rings. The lowest BCUT2D eigenvalue weighted by Crippen LogP contribution is -2.36. The summed E-state index contributed by atoms with van der Waals surface area (Å²) in [4.78, 5) is 17.3. The Morgan fingerprint density at radius 1 is 1.03 bits per heavy atom. The third kappa shape index (κ3) is 5.10. The molecular formula is C23H27N5O. The zero-order valence-electron chi connectivity index (χ0n) is 17.4. The Kier molecular flexibility index (Phi) is 6.44. The number of hydrogen-bond acceptors (Lipinski definition) is 3. The molecule has 0 aliphatic heterocycles. The molecule has 29 heavy (non-hydrogen) atoms. The molecule has 0 aliphatic carbocycles. The molecule has 0 atom stereocenters. The maximum Gasteiger partial charge on any atom is 0.257 e. The van der Waals surface area contributed by atoms with Gasteiger partial charge < -0.3 is 5.32 Å². The molecule has 1 aromatic heterocycles. The van der Waals surface area contributed by atoms with E-state index in [1.165, 1.54) is 5.56 Å². The number of nitrogens with zero attached hydrogens (tertiary/aromatic N) is 3. The van der Waals surface area contributed by atoms with Crippen LogP contribution in [-0.4, -0.2) is 28.2 Å². The Bertz CT molecular complexity index is 1020. The van der Waals surface area contributed by atoms with Crippen molar-refractivity contribution in [2.24, 2.45) is 12.0 Å². The smallest absolute Gasteiger partial charge is 0.257 e. The fourth-order valence-electron chi connectivity index (χ4n) is 3.18. The fraction of sp³-hybridized carbons (Fsp3) is 0.261. The molecule has 3 rings (SSSR count). The first kappa shape index (κ1) is 20.3. The van der Waals surface area contributed by atoms with Crippen molar-refractivity contribution in [1.29, 1.82) is 0 Å². The van der Waals surface area contributed by atoms with Gasteiger partial charge in [-0.15, -0.1) is 0 Å². The summed E-state index contributed by atoms with van der Waals surface area (Å²) in [6.07, 6.45) is 0.756. The number of rotatable bonds is 5. The number of carbonyl (C=O) groups excluding carboxylic acids is 1. The maximum atomic E-state index is 12.6. The lowest BCUT2D eigenvalue weighted by molar-refractivity contribution is 0.0977. The van der Waals surface area contributed by atoms with E-state index >= 15 is 0 Å². The van der Waals surface area contributed by atoms with Gasteiger partial charge in [-0.2, -0.15) is 5.10 Å². The Hall–Kier alpha value is -3.41. The monoisotopic (exact) mass is 389 g/mol. The number of para-hydroxylation sites is 1. The van der Waals surface area contributed by atoms with Gasteiger partial charge in [0.25, 0.3) is 5.91 Å².